The summed E-state index contributed by atoms with van der Waals surface area (Å²) in [4.78, 5) is 0. The van der Waals surface area contributed by atoms with Crippen molar-refractivity contribution in [3.63, 3.8) is 0 Å². The number of rotatable bonds is 3. The van der Waals surface area contributed by atoms with Gasteiger partial charge in [0.1, 0.15) is 0 Å². The topological polar surface area (TPSA) is 20.2 Å². The fourth-order valence-electron chi connectivity index (χ4n) is 9.70. The van der Waals surface area contributed by atoms with Crippen LogP contribution in [0.2, 0.25) is 0 Å². The van der Waals surface area contributed by atoms with Gasteiger partial charge in [0, 0.05) is 0 Å². The van der Waals surface area contributed by atoms with Crippen molar-refractivity contribution >= 4 is 0 Å². The molecule has 0 aliphatic heterocycles. The molecule has 0 bridgehead atoms. The molecule has 0 spiro atoms. The molecular formula is C27H44O. The summed E-state index contributed by atoms with van der Waals surface area (Å²) < 4.78 is 0. The highest BCUT2D eigenvalue weighted by atomic mass is 16.3. The monoisotopic (exact) mass is 384 g/mol. The zero-order valence-electron chi connectivity index (χ0n) is 18.8. The molecule has 158 valence electrons. The van der Waals surface area contributed by atoms with E-state index in [1.807, 2.05) is 5.57 Å². The average Bonchev–Trinajstić information content (AvgIpc) is 3.25. The third-order valence-electron chi connectivity index (χ3n) is 10.9. The number of fused-ring (bicyclic) bond motifs is 5. The quantitative estimate of drug-likeness (QED) is 0.512. The Morgan fingerprint density at radius 2 is 1.82 bits per heavy atom. The van der Waals surface area contributed by atoms with E-state index in [1.165, 1.54) is 77.0 Å². The minimum absolute atomic E-state index is 0.0466. The summed E-state index contributed by atoms with van der Waals surface area (Å²) in [7, 11) is 0. The first-order chi connectivity index (χ1) is 13.4. The van der Waals surface area contributed by atoms with Crippen molar-refractivity contribution in [3.05, 3.63) is 11.6 Å². The van der Waals surface area contributed by atoms with Crippen LogP contribution in [0.3, 0.4) is 0 Å². The molecule has 1 N–H and O–H groups in total. The second-order valence-corrected chi connectivity index (χ2v) is 12.2. The molecule has 5 rings (SSSR count). The highest BCUT2D eigenvalue weighted by Crippen LogP contribution is 2.67. The van der Waals surface area contributed by atoms with Crippen LogP contribution in [0.1, 0.15) is 104 Å². The summed E-state index contributed by atoms with van der Waals surface area (Å²) in [6, 6.07) is 0. The van der Waals surface area contributed by atoms with Gasteiger partial charge in [-0.3, -0.25) is 0 Å². The lowest BCUT2D eigenvalue weighted by Gasteiger charge is -2.58. The molecule has 0 saturated heterocycles. The van der Waals surface area contributed by atoms with Gasteiger partial charge in [0.2, 0.25) is 0 Å². The van der Waals surface area contributed by atoms with E-state index in [2.05, 4.69) is 26.8 Å². The summed E-state index contributed by atoms with van der Waals surface area (Å²) in [6.07, 6.45) is 20.6. The van der Waals surface area contributed by atoms with Gasteiger partial charge in [0.25, 0.3) is 0 Å². The van der Waals surface area contributed by atoms with Crippen molar-refractivity contribution in [2.45, 2.75) is 110 Å². The first-order valence-electron chi connectivity index (χ1n) is 12.8. The summed E-state index contributed by atoms with van der Waals surface area (Å²) in [5.74, 6) is 4.68. The predicted octanol–water partition coefficient (Wildman–Crippen LogP) is 7.14. The summed E-state index contributed by atoms with van der Waals surface area (Å²) in [5, 5.41) is 11.3. The first-order valence-corrected chi connectivity index (χ1v) is 12.8. The van der Waals surface area contributed by atoms with Crippen molar-refractivity contribution in [2.24, 2.45) is 46.3 Å². The second-order valence-electron chi connectivity index (χ2n) is 12.2. The van der Waals surface area contributed by atoms with Crippen LogP contribution in [0.4, 0.5) is 0 Å². The Labute approximate surface area is 173 Å². The van der Waals surface area contributed by atoms with E-state index < -0.39 is 0 Å². The molecule has 1 unspecified atom stereocenters. The van der Waals surface area contributed by atoms with Crippen LogP contribution < -0.4 is 0 Å². The van der Waals surface area contributed by atoms with Crippen molar-refractivity contribution in [2.75, 3.05) is 0 Å². The van der Waals surface area contributed by atoms with Crippen molar-refractivity contribution in [1.82, 2.24) is 0 Å². The third-order valence-corrected chi connectivity index (χ3v) is 10.9. The maximum absolute atomic E-state index is 11.3. The van der Waals surface area contributed by atoms with E-state index in [1.54, 1.807) is 0 Å². The van der Waals surface area contributed by atoms with E-state index in [-0.39, 0.29) is 6.10 Å². The van der Waals surface area contributed by atoms with Crippen LogP contribution in [-0.4, -0.2) is 11.2 Å². The van der Waals surface area contributed by atoms with Crippen LogP contribution in [0, 0.1) is 46.3 Å². The Kier molecular flexibility index (Phi) is 5.01. The van der Waals surface area contributed by atoms with Crippen LogP contribution in [0.25, 0.3) is 0 Å². The number of hydrogen-bond donors (Lipinski definition) is 1. The minimum Gasteiger partial charge on any atom is -0.393 e. The number of hydrogen-bond acceptors (Lipinski definition) is 1. The Bertz CT molecular complexity index is 616. The van der Waals surface area contributed by atoms with Gasteiger partial charge >= 0.3 is 0 Å². The average molecular weight is 385 g/mol. The van der Waals surface area contributed by atoms with Crippen molar-refractivity contribution in [1.29, 1.82) is 0 Å². The van der Waals surface area contributed by atoms with E-state index in [4.69, 9.17) is 0 Å². The molecule has 28 heavy (non-hydrogen) atoms. The predicted molar refractivity (Wildman–Crippen MR) is 117 cm³/mol. The molecule has 5 aliphatic carbocycles. The zero-order valence-corrected chi connectivity index (χ0v) is 18.8. The fraction of sp³-hybridized carbons (Fsp3) is 0.926. The van der Waals surface area contributed by atoms with Gasteiger partial charge in [0.15, 0.2) is 0 Å². The SMILES string of the molecule is CC(CC1CCCC1)[C@H]1[C@@H](O)C[C@H]2[C@@H]3CC=C4CCCC[C@]4(C)[C@H]3CC[C@@]21C. The lowest BCUT2D eigenvalue weighted by Crippen LogP contribution is -2.50. The Hall–Kier alpha value is -0.300. The smallest absolute Gasteiger partial charge is 0.0579 e. The van der Waals surface area contributed by atoms with Gasteiger partial charge in [-0.2, -0.15) is 0 Å². The number of aliphatic hydroxyl groups excluding tert-OH is 1. The van der Waals surface area contributed by atoms with Crippen LogP contribution in [0.15, 0.2) is 11.6 Å². The van der Waals surface area contributed by atoms with Crippen LogP contribution >= 0.6 is 0 Å². The van der Waals surface area contributed by atoms with Crippen molar-refractivity contribution < 1.29 is 5.11 Å². The van der Waals surface area contributed by atoms with E-state index in [0.717, 1.165) is 30.1 Å². The normalized spacial score (nSPS) is 49.9. The first kappa shape index (κ1) is 19.7. The molecule has 4 saturated carbocycles. The Morgan fingerprint density at radius 1 is 1.04 bits per heavy atom. The van der Waals surface area contributed by atoms with Crippen LogP contribution in [0.5, 0.6) is 0 Å². The van der Waals surface area contributed by atoms with Gasteiger partial charge in [-0.05, 0) is 97.7 Å². The van der Waals surface area contributed by atoms with Crippen molar-refractivity contribution in [3.8, 4) is 0 Å². The summed E-state index contributed by atoms with van der Waals surface area (Å²) in [6.45, 7) is 7.71. The molecule has 5 aliphatic rings. The standard InChI is InChI=1S/C27H44O/c1-18(16-19-8-4-5-9-19)25-24(28)17-23-21-12-11-20-10-6-7-14-26(20,2)22(21)13-15-27(23,25)3/h11,18-19,21-25,28H,4-10,12-17H2,1-3H3/t18?,21-,22+,23+,24+,25+,26+,27+/m1/s1. The third kappa shape index (κ3) is 2.89. The molecule has 0 heterocycles. The lowest BCUT2D eigenvalue weighted by atomic mass is 9.47. The fourth-order valence-corrected chi connectivity index (χ4v) is 9.70. The van der Waals surface area contributed by atoms with Gasteiger partial charge in [-0.25, -0.2) is 0 Å². The summed E-state index contributed by atoms with van der Waals surface area (Å²) >= 11 is 0. The molecule has 0 amide bonds. The Morgan fingerprint density at radius 3 is 2.61 bits per heavy atom. The van der Waals surface area contributed by atoms with E-state index >= 15 is 0 Å². The minimum atomic E-state index is -0.0466. The molecule has 1 heteroatoms. The van der Waals surface area contributed by atoms with E-state index in [9.17, 15) is 5.11 Å². The molecule has 1 nitrogen and oxygen atoms in total. The number of allylic oxidation sites excluding steroid dienone is 2. The molecule has 4 fully saturated rings. The lowest BCUT2D eigenvalue weighted by molar-refractivity contribution is -0.0569. The number of aliphatic hydroxyl groups is 1. The van der Waals surface area contributed by atoms with Gasteiger partial charge in [0.05, 0.1) is 6.10 Å². The molecule has 0 aromatic heterocycles. The molecule has 0 aromatic carbocycles. The van der Waals surface area contributed by atoms with Gasteiger partial charge in [-0.1, -0.05) is 64.5 Å². The van der Waals surface area contributed by atoms with Gasteiger partial charge < -0.3 is 5.11 Å². The maximum Gasteiger partial charge on any atom is 0.0579 e. The van der Waals surface area contributed by atoms with E-state index in [0.29, 0.717) is 22.7 Å². The van der Waals surface area contributed by atoms with Crippen LogP contribution in [-0.2, 0) is 0 Å². The summed E-state index contributed by atoms with van der Waals surface area (Å²) in [5.41, 5.74) is 2.68. The molecule has 8 atom stereocenters. The largest absolute Gasteiger partial charge is 0.393 e. The zero-order chi connectivity index (χ0) is 19.5. The second kappa shape index (κ2) is 7.14. The highest BCUT2D eigenvalue weighted by molar-refractivity contribution is 5.24. The molecule has 0 radical (unpaired) electrons. The highest BCUT2D eigenvalue weighted by Gasteiger charge is 2.61. The maximum atomic E-state index is 11.3. The van der Waals surface area contributed by atoms with Gasteiger partial charge in [-0.15, -0.1) is 0 Å². The Balaban J connectivity index is 1.39. The molecular weight excluding hydrogens is 340 g/mol. The molecule has 0 aromatic rings.